The van der Waals surface area contributed by atoms with Gasteiger partial charge < -0.3 is 24.6 Å². The number of carbonyl (C=O) groups excluding carboxylic acids is 2. The van der Waals surface area contributed by atoms with Crippen molar-refractivity contribution in [2.24, 2.45) is 5.92 Å². The number of hydrogen-bond donors (Lipinski definition) is 2. The number of hydrogen-bond acceptors (Lipinski definition) is 6. The Bertz CT molecular complexity index is 1030. The quantitative estimate of drug-likeness (QED) is 0.369. The highest BCUT2D eigenvalue weighted by molar-refractivity contribution is 6.46. The summed E-state index contributed by atoms with van der Waals surface area (Å²) in [6.07, 6.45) is 0. The zero-order chi connectivity index (χ0) is 23.4. The Morgan fingerprint density at radius 2 is 1.81 bits per heavy atom. The Morgan fingerprint density at radius 1 is 1.12 bits per heavy atom. The SMILES string of the molecule is COCCN1C(=O)C(=O)/C(=C(/O)c2ccc(OCC(C)C)c(C)c2)C1c1ccc(O)cc1. The van der Waals surface area contributed by atoms with Crippen molar-refractivity contribution in [1.82, 2.24) is 4.90 Å². The lowest BCUT2D eigenvalue weighted by atomic mass is 9.94. The number of methoxy groups -OCH3 is 1. The highest BCUT2D eigenvalue weighted by Crippen LogP contribution is 2.40. The Kier molecular flexibility index (Phi) is 7.20. The number of amides is 1. The van der Waals surface area contributed by atoms with Gasteiger partial charge in [0, 0.05) is 19.2 Å². The van der Waals surface area contributed by atoms with Crippen molar-refractivity contribution < 1.29 is 29.3 Å². The maximum absolute atomic E-state index is 12.9. The van der Waals surface area contributed by atoms with Crippen LogP contribution in [0, 0.1) is 12.8 Å². The van der Waals surface area contributed by atoms with Gasteiger partial charge in [0.2, 0.25) is 0 Å². The third-order valence-electron chi connectivity index (χ3n) is 5.31. The molecule has 1 aliphatic heterocycles. The molecule has 1 aliphatic rings. The third kappa shape index (κ3) is 4.78. The number of phenols is 1. The van der Waals surface area contributed by atoms with E-state index in [9.17, 15) is 19.8 Å². The molecule has 1 atom stereocenters. The van der Waals surface area contributed by atoms with E-state index >= 15 is 0 Å². The number of nitrogens with zero attached hydrogens (tertiary/aromatic N) is 1. The van der Waals surface area contributed by atoms with Gasteiger partial charge in [-0.25, -0.2) is 0 Å². The molecule has 32 heavy (non-hydrogen) atoms. The number of carbonyl (C=O) groups is 2. The lowest BCUT2D eigenvalue weighted by Gasteiger charge is -2.25. The van der Waals surface area contributed by atoms with E-state index in [4.69, 9.17) is 9.47 Å². The van der Waals surface area contributed by atoms with Crippen LogP contribution in [-0.4, -0.2) is 53.7 Å². The molecule has 0 saturated carbocycles. The summed E-state index contributed by atoms with van der Waals surface area (Å²) in [5.41, 5.74) is 1.85. The van der Waals surface area contributed by atoms with Crippen LogP contribution in [0.2, 0.25) is 0 Å². The molecule has 2 aromatic rings. The van der Waals surface area contributed by atoms with Gasteiger partial charge in [0.05, 0.1) is 24.8 Å². The topological polar surface area (TPSA) is 96.3 Å². The van der Waals surface area contributed by atoms with Crippen molar-refractivity contribution in [3.05, 3.63) is 64.7 Å². The summed E-state index contributed by atoms with van der Waals surface area (Å²) in [4.78, 5) is 27.1. The van der Waals surface area contributed by atoms with E-state index in [-0.39, 0.29) is 30.2 Å². The normalized spacial score (nSPS) is 17.9. The maximum atomic E-state index is 12.9. The van der Waals surface area contributed by atoms with E-state index in [0.29, 0.717) is 29.4 Å². The minimum Gasteiger partial charge on any atom is -0.508 e. The molecule has 0 bridgehead atoms. The summed E-state index contributed by atoms with van der Waals surface area (Å²) < 4.78 is 10.9. The summed E-state index contributed by atoms with van der Waals surface area (Å²) >= 11 is 0. The number of ketones is 1. The predicted molar refractivity (Wildman–Crippen MR) is 121 cm³/mol. The smallest absolute Gasteiger partial charge is 0.295 e. The molecule has 2 aromatic carbocycles. The largest absolute Gasteiger partial charge is 0.508 e. The third-order valence-corrected chi connectivity index (χ3v) is 5.31. The molecule has 170 valence electrons. The van der Waals surface area contributed by atoms with Gasteiger partial charge in [0.1, 0.15) is 17.3 Å². The van der Waals surface area contributed by atoms with Crippen molar-refractivity contribution in [1.29, 1.82) is 0 Å². The number of aryl methyl sites for hydroxylation is 1. The number of Topliss-reactive ketones (excluding diaryl/α,β-unsaturated/α-hetero) is 1. The Labute approximate surface area is 187 Å². The monoisotopic (exact) mass is 439 g/mol. The van der Waals surface area contributed by atoms with E-state index in [1.807, 2.05) is 6.92 Å². The Balaban J connectivity index is 2.06. The standard InChI is InChI=1S/C25H29NO6/c1-15(2)14-32-20-10-7-18(13-16(20)3)23(28)21-22(17-5-8-19(27)9-6-17)26(11-12-31-4)25(30)24(21)29/h5-10,13,15,22,27-28H,11-12,14H2,1-4H3/b23-21+. The van der Waals surface area contributed by atoms with Crippen molar-refractivity contribution in [2.75, 3.05) is 26.9 Å². The van der Waals surface area contributed by atoms with Gasteiger partial charge in [-0.2, -0.15) is 0 Å². The molecule has 2 N–H and O–H groups in total. The van der Waals surface area contributed by atoms with Crippen molar-refractivity contribution in [3.8, 4) is 11.5 Å². The molecular weight excluding hydrogens is 410 g/mol. The van der Waals surface area contributed by atoms with Crippen LogP contribution >= 0.6 is 0 Å². The highest BCUT2D eigenvalue weighted by Gasteiger charge is 2.45. The highest BCUT2D eigenvalue weighted by atomic mass is 16.5. The summed E-state index contributed by atoms with van der Waals surface area (Å²) in [6, 6.07) is 10.6. The van der Waals surface area contributed by atoms with Gasteiger partial charge in [-0.15, -0.1) is 0 Å². The van der Waals surface area contributed by atoms with Crippen LogP contribution in [0.1, 0.15) is 36.6 Å². The summed E-state index contributed by atoms with van der Waals surface area (Å²) in [5.74, 6) is -0.568. The second-order valence-electron chi connectivity index (χ2n) is 8.26. The molecule has 0 aromatic heterocycles. The lowest BCUT2D eigenvalue weighted by molar-refractivity contribution is -0.140. The first kappa shape index (κ1) is 23.3. The van der Waals surface area contributed by atoms with E-state index in [1.165, 1.54) is 24.1 Å². The first-order valence-corrected chi connectivity index (χ1v) is 10.5. The number of aliphatic hydroxyl groups excluding tert-OH is 1. The first-order chi connectivity index (χ1) is 15.2. The molecule has 1 unspecified atom stereocenters. The van der Waals surface area contributed by atoms with Crippen LogP contribution in [0.5, 0.6) is 11.5 Å². The van der Waals surface area contributed by atoms with Gasteiger partial charge in [0.15, 0.2) is 0 Å². The van der Waals surface area contributed by atoms with E-state index in [2.05, 4.69) is 13.8 Å². The van der Waals surface area contributed by atoms with Crippen molar-refractivity contribution in [3.63, 3.8) is 0 Å². The van der Waals surface area contributed by atoms with Gasteiger partial charge in [-0.1, -0.05) is 26.0 Å². The van der Waals surface area contributed by atoms with Crippen LogP contribution in [-0.2, 0) is 14.3 Å². The van der Waals surface area contributed by atoms with E-state index in [1.54, 1.807) is 30.3 Å². The molecule has 3 rings (SSSR count). The summed E-state index contributed by atoms with van der Waals surface area (Å²) in [6.45, 7) is 6.97. The fraction of sp³-hybridized carbons (Fsp3) is 0.360. The number of aliphatic hydroxyl groups is 1. The molecule has 7 nitrogen and oxygen atoms in total. The Hall–Kier alpha value is -3.32. The molecule has 1 amide bonds. The maximum Gasteiger partial charge on any atom is 0.295 e. The number of likely N-dealkylation sites (tertiary alicyclic amines) is 1. The summed E-state index contributed by atoms with van der Waals surface area (Å²) in [5, 5.41) is 20.8. The molecule has 0 aliphatic carbocycles. The zero-order valence-corrected chi connectivity index (χ0v) is 18.8. The number of rotatable bonds is 8. The number of aromatic hydroxyl groups is 1. The van der Waals surface area contributed by atoms with Crippen LogP contribution in [0.15, 0.2) is 48.0 Å². The molecule has 1 saturated heterocycles. The molecule has 1 fully saturated rings. The molecule has 0 radical (unpaired) electrons. The predicted octanol–water partition coefficient (Wildman–Crippen LogP) is 3.80. The lowest BCUT2D eigenvalue weighted by Crippen LogP contribution is -2.32. The average molecular weight is 440 g/mol. The second kappa shape index (κ2) is 9.87. The summed E-state index contributed by atoms with van der Waals surface area (Å²) in [7, 11) is 1.51. The molecule has 1 heterocycles. The molecule has 7 heteroatoms. The number of benzene rings is 2. The number of ether oxygens (including phenoxy) is 2. The Morgan fingerprint density at radius 3 is 2.41 bits per heavy atom. The average Bonchev–Trinajstić information content (AvgIpc) is 3.01. The fourth-order valence-corrected chi connectivity index (χ4v) is 3.67. The van der Waals surface area contributed by atoms with Gasteiger partial charge in [-0.05, 0) is 54.3 Å². The van der Waals surface area contributed by atoms with Gasteiger partial charge >= 0.3 is 0 Å². The van der Waals surface area contributed by atoms with Crippen LogP contribution in [0.25, 0.3) is 5.76 Å². The van der Waals surface area contributed by atoms with E-state index in [0.717, 1.165) is 5.56 Å². The van der Waals surface area contributed by atoms with Crippen LogP contribution in [0.4, 0.5) is 0 Å². The van der Waals surface area contributed by atoms with Crippen LogP contribution < -0.4 is 4.74 Å². The van der Waals surface area contributed by atoms with Crippen molar-refractivity contribution in [2.45, 2.75) is 26.8 Å². The number of phenolic OH excluding ortho intramolecular Hbond substituents is 1. The van der Waals surface area contributed by atoms with E-state index < -0.39 is 17.7 Å². The molecule has 0 spiro atoms. The minimum absolute atomic E-state index is 0.00652. The van der Waals surface area contributed by atoms with Crippen LogP contribution in [0.3, 0.4) is 0 Å². The van der Waals surface area contributed by atoms with Gasteiger partial charge in [0.25, 0.3) is 11.7 Å². The zero-order valence-electron chi connectivity index (χ0n) is 18.8. The second-order valence-corrected chi connectivity index (χ2v) is 8.26. The molecular formula is C25H29NO6. The van der Waals surface area contributed by atoms with Gasteiger partial charge in [-0.3, -0.25) is 9.59 Å². The first-order valence-electron chi connectivity index (χ1n) is 10.5. The van der Waals surface area contributed by atoms with Crippen molar-refractivity contribution >= 4 is 17.4 Å². The fourth-order valence-electron chi connectivity index (χ4n) is 3.67. The minimum atomic E-state index is -0.789.